The molecule has 0 spiro atoms. The Morgan fingerprint density at radius 2 is 1.66 bits per heavy atom. The molecule has 5 nitrogen and oxygen atoms in total. The number of nitrogens with one attached hydrogen (secondary N) is 1. The van der Waals surface area contributed by atoms with E-state index in [9.17, 15) is 4.79 Å². The smallest absolute Gasteiger partial charge is 0.257 e. The molecule has 0 bridgehead atoms. The first-order valence-electron chi connectivity index (χ1n) is 10.9. The summed E-state index contributed by atoms with van der Waals surface area (Å²) in [7, 11) is 0. The lowest BCUT2D eigenvalue weighted by atomic mass is 10.0. The number of amides is 1. The highest BCUT2D eigenvalue weighted by molar-refractivity contribution is 6.02. The SMILES string of the molecule is N#CCCn1cc([C@H]2Nc3ccccc3C(=O)N2CCc2ccccc2)c2ccccc21. The predicted molar refractivity (Wildman–Crippen MR) is 126 cm³/mol. The molecule has 0 saturated heterocycles. The molecule has 1 aromatic heterocycles. The summed E-state index contributed by atoms with van der Waals surface area (Å²) in [6.45, 7) is 1.23. The first-order valence-corrected chi connectivity index (χ1v) is 10.9. The fourth-order valence-electron chi connectivity index (χ4n) is 4.51. The van der Waals surface area contributed by atoms with Crippen LogP contribution in [0.5, 0.6) is 0 Å². The maximum Gasteiger partial charge on any atom is 0.257 e. The molecule has 5 heteroatoms. The minimum atomic E-state index is -0.283. The van der Waals surface area contributed by atoms with E-state index in [2.05, 4.69) is 46.4 Å². The van der Waals surface area contributed by atoms with Gasteiger partial charge in [0.05, 0.1) is 18.1 Å². The van der Waals surface area contributed by atoms with Crippen LogP contribution in [0.2, 0.25) is 0 Å². The molecular formula is C27H24N4O. The average molecular weight is 421 g/mol. The predicted octanol–water partition coefficient (Wildman–Crippen LogP) is 5.36. The summed E-state index contributed by atoms with van der Waals surface area (Å²) >= 11 is 0. The summed E-state index contributed by atoms with van der Waals surface area (Å²) in [5.74, 6) is 0.0362. The van der Waals surface area contributed by atoms with Gasteiger partial charge in [-0.2, -0.15) is 5.26 Å². The second-order valence-corrected chi connectivity index (χ2v) is 8.03. The lowest BCUT2D eigenvalue weighted by Crippen LogP contribution is -2.43. The van der Waals surface area contributed by atoms with Crippen molar-refractivity contribution in [1.29, 1.82) is 5.26 Å². The normalized spacial score (nSPS) is 15.3. The van der Waals surface area contributed by atoms with Gasteiger partial charge in [-0.3, -0.25) is 4.79 Å². The molecule has 158 valence electrons. The average Bonchev–Trinajstić information content (AvgIpc) is 3.21. The topological polar surface area (TPSA) is 61.1 Å². The van der Waals surface area contributed by atoms with Crippen LogP contribution >= 0.6 is 0 Å². The van der Waals surface area contributed by atoms with E-state index in [1.807, 2.05) is 59.5 Å². The monoisotopic (exact) mass is 420 g/mol. The van der Waals surface area contributed by atoms with Crippen LogP contribution in [0.15, 0.2) is 85.1 Å². The van der Waals surface area contributed by atoms with Gasteiger partial charge in [-0.15, -0.1) is 0 Å². The molecule has 4 aromatic rings. The standard InChI is InChI=1S/C27H24N4O/c28-16-8-17-30-19-23(21-11-5-7-14-25(21)30)26-29-24-13-6-4-12-22(24)27(32)31(26)18-15-20-9-2-1-3-10-20/h1-7,9-14,19,26,29H,8,15,17-18H2/t26-/m0/s1. The molecule has 0 aliphatic carbocycles. The highest BCUT2D eigenvalue weighted by atomic mass is 16.2. The second-order valence-electron chi connectivity index (χ2n) is 8.03. The third-order valence-corrected chi connectivity index (χ3v) is 6.08. The first kappa shape index (κ1) is 19.9. The first-order chi connectivity index (χ1) is 15.8. The minimum Gasteiger partial charge on any atom is -0.361 e. The summed E-state index contributed by atoms with van der Waals surface area (Å²) < 4.78 is 2.12. The fraction of sp³-hybridized carbons (Fsp3) is 0.185. The summed E-state index contributed by atoms with van der Waals surface area (Å²) in [6, 6.07) is 28.4. The van der Waals surface area contributed by atoms with Crippen LogP contribution in [-0.2, 0) is 13.0 Å². The molecule has 1 atom stereocenters. The van der Waals surface area contributed by atoms with Gasteiger partial charge in [0.15, 0.2) is 0 Å². The Labute approximate surface area is 187 Å². The number of fused-ring (bicyclic) bond motifs is 2. The third kappa shape index (κ3) is 3.61. The van der Waals surface area contributed by atoms with Gasteiger partial charge in [-0.05, 0) is 30.2 Å². The van der Waals surface area contributed by atoms with Gasteiger partial charge in [0.25, 0.3) is 5.91 Å². The molecule has 0 saturated carbocycles. The Kier molecular flexibility index (Phi) is 5.35. The van der Waals surface area contributed by atoms with Crippen molar-refractivity contribution in [3.63, 3.8) is 0 Å². The Hall–Kier alpha value is -4.04. The number of hydrogen-bond donors (Lipinski definition) is 1. The number of carbonyl (C=O) groups is 1. The number of aromatic nitrogens is 1. The number of carbonyl (C=O) groups excluding carboxylic acids is 1. The van der Waals surface area contributed by atoms with Crippen molar-refractivity contribution in [2.24, 2.45) is 0 Å². The number of aryl methyl sites for hydroxylation is 1. The van der Waals surface area contributed by atoms with Gasteiger partial charge in [0.2, 0.25) is 0 Å². The van der Waals surface area contributed by atoms with E-state index < -0.39 is 0 Å². The van der Waals surface area contributed by atoms with E-state index in [-0.39, 0.29) is 12.1 Å². The van der Waals surface area contributed by atoms with E-state index >= 15 is 0 Å². The molecule has 32 heavy (non-hydrogen) atoms. The van der Waals surface area contributed by atoms with E-state index in [1.165, 1.54) is 5.56 Å². The largest absolute Gasteiger partial charge is 0.361 e. The van der Waals surface area contributed by atoms with Crippen molar-refractivity contribution in [2.75, 3.05) is 11.9 Å². The van der Waals surface area contributed by atoms with Crippen molar-refractivity contribution in [3.05, 3.63) is 102 Å². The summed E-state index contributed by atoms with van der Waals surface area (Å²) in [4.78, 5) is 15.5. The summed E-state index contributed by atoms with van der Waals surface area (Å²) in [5.41, 5.74) is 4.88. The highest BCUT2D eigenvalue weighted by Gasteiger charge is 2.34. The third-order valence-electron chi connectivity index (χ3n) is 6.08. The van der Waals surface area contributed by atoms with E-state index in [1.54, 1.807) is 0 Å². The molecule has 0 radical (unpaired) electrons. The maximum atomic E-state index is 13.6. The number of hydrogen-bond acceptors (Lipinski definition) is 3. The number of nitrogens with zero attached hydrogens (tertiary/aromatic N) is 3. The molecule has 2 heterocycles. The van der Waals surface area contributed by atoms with Gasteiger partial charge in [-0.25, -0.2) is 0 Å². The van der Waals surface area contributed by atoms with Crippen LogP contribution in [-0.4, -0.2) is 21.9 Å². The van der Waals surface area contributed by atoms with Crippen LogP contribution in [0.1, 0.15) is 34.1 Å². The van der Waals surface area contributed by atoms with Crippen LogP contribution in [0.25, 0.3) is 10.9 Å². The number of nitriles is 1. The molecule has 0 unspecified atom stereocenters. The Bertz CT molecular complexity index is 1300. The van der Waals surface area contributed by atoms with Gasteiger partial charge < -0.3 is 14.8 Å². The molecule has 1 N–H and O–H groups in total. The van der Waals surface area contributed by atoms with Gasteiger partial charge >= 0.3 is 0 Å². The molecule has 0 fully saturated rings. The molecule has 3 aromatic carbocycles. The van der Waals surface area contributed by atoms with Crippen molar-refractivity contribution in [1.82, 2.24) is 9.47 Å². The Balaban J connectivity index is 1.57. The molecule has 5 rings (SSSR count). The van der Waals surface area contributed by atoms with E-state index in [4.69, 9.17) is 5.26 Å². The van der Waals surface area contributed by atoms with Crippen LogP contribution in [0.3, 0.4) is 0 Å². The summed E-state index contributed by atoms with van der Waals surface area (Å²) in [6.07, 6.45) is 3.03. The number of anilines is 1. The minimum absolute atomic E-state index is 0.0362. The highest BCUT2D eigenvalue weighted by Crippen LogP contribution is 2.37. The van der Waals surface area contributed by atoms with Gasteiger partial charge in [0.1, 0.15) is 6.17 Å². The number of para-hydroxylation sites is 2. The van der Waals surface area contributed by atoms with E-state index in [0.717, 1.165) is 28.6 Å². The zero-order valence-corrected chi connectivity index (χ0v) is 17.7. The van der Waals surface area contributed by atoms with E-state index in [0.29, 0.717) is 25.1 Å². The Morgan fingerprint density at radius 1 is 0.906 bits per heavy atom. The van der Waals surface area contributed by atoms with Gasteiger partial charge in [-0.1, -0.05) is 60.7 Å². The quantitative estimate of drug-likeness (QED) is 0.456. The maximum absolute atomic E-state index is 13.6. The van der Waals surface area contributed by atoms with Crippen molar-refractivity contribution in [3.8, 4) is 6.07 Å². The summed E-state index contributed by atoms with van der Waals surface area (Å²) in [5, 5.41) is 13.8. The van der Waals surface area contributed by atoms with Crippen molar-refractivity contribution in [2.45, 2.75) is 25.6 Å². The second kappa shape index (κ2) is 8.60. The van der Waals surface area contributed by atoms with Crippen molar-refractivity contribution >= 4 is 22.5 Å². The zero-order chi connectivity index (χ0) is 21.9. The Morgan fingerprint density at radius 3 is 2.50 bits per heavy atom. The zero-order valence-electron chi connectivity index (χ0n) is 17.7. The number of benzene rings is 3. The van der Waals surface area contributed by atoms with Gasteiger partial charge in [0, 0.05) is 41.4 Å². The number of rotatable bonds is 6. The van der Waals surface area contributed by atoms with Crippen molar-refractivity contribution < 1.29 is 4.79 Å². The molecule has 1 aliphatic heterocycles. The molecular weight excluding hydrogens is 396 g/mol. The van der Waals surface area contributed by atoms with Crippen LogP contribution in [0.4, 0.5) is 5.69 Å². The fourth-order valence-corrected chi connectivity index (χ4v) is 4.51. The lowest BCUT2D eigenvalue weighted by molar-refractivity contribution is 0.0686. The molecule has 1 aliphatic rings. The van der Waals surface area contributed by atoms with Crippen LogP contribution < -0.4 is 5.32 Å². The van der Waals surface area contributed by atoms with Crippen LogP contribution in [0, 0.1) is 11.3 Å². The lowest BCUT2D eigenvalue weighted by Gasteiger charge is -2.38. The molecule has 1 amide bonds.